The molecule has 0 saturated heterocycles. The van der Waals surface area contributed by atoms with Gasteiger partial charge in [-0.3, -0.25) is 0 Å². The minimum Gasteiger partial charge on any atom is -0.380 e. The van der Waals surface area contributed by atoms with Crippen LogP contribution >= 0.6 is 15.9 Å². The van der Waals surface area contributed by atoms with E-state index in [0.29, 0.717) is 5.41 Å². The first-order chi connectivity index (χ1) is 6.22. The molecule has 0 spiro atoms. The van der Waals surface area contributed by atoms with E-state index >= 15 is 0 Å². The van der Waals surface area contributed by atoms with Crippen LogP contribution in [-0.4, -0.2) is 43.6 Å². The molecule has 2 nitrogen and oxygen atoms in total. The average molecular weight is 250 g/mol. The van der Waals surface area contributed by atoms with Crippen LogP contribution in [0.5, 0.6) is 0 Å². The Hall–Kier alpha value is 0.400. The number of hydrogen-bond donors (Lipinski definition) is 0. The molecule has 1 saturated carbocycles. The highest BCUT2D eigenvalue weighted by Crippen LogP contribution is 2.47. The van der Waals surface area contributed by atoms with Crippen LogP contribution in [0.15, 0.2) is 0 Å². The van der Waals surface area contributed by atoms with E-state index in [4.69, 9.17) is 4.74 Å². The van der Waals surface area contributed by atoms with E-state index in [0.717, 1.165) is 25.1 Å². The number of ether oxygens (including phenoxy) is 1. The lowest BCUT2D eigenvalue weighted by molar-refractivity contribution is 0.116. The average Bonchev–Trinajstić information content (AvgIpc) is 2.86. The summed E-state index contributed by atoms with van der Waals surface area (Å²) < 4.78 is 5.32. The maximum atomic E-state index is 5.32. The molecule has 0 unspecified atom stereocenters. The Labute approximate surface area is 89.8 Å². The zero-order chi connectivity index (χ0) is 9.73. The molecule has 78 valence electrons. The van der Waals surface area contributed by atoms with E-state index in [1.54, 1.807) is 0 Å². The van der Waals surface area contributed by atoms with Crippen LogP contribution < -0.4 is 0 Å². The van der Waals surface area contributed by atoms with Crippen LogP contribution in [-0.2, 0) is 4.74 Å². The van der Waals surface area contributed by atoms with Gasteiger partial charge in [-0.25, -0.2) is 0 Å². The van der Waals surface area contributed by atoms with E-state index in [9.17, 15) is 0 Å². The zero-order valence-corrected chi connectivity index (χ0v) is 10.3. The Morgan fingerprint density at radius 2 is 2.15 bits per heavy atom. The number of halogens is 1. The van der Waals surface area contributed by atoms with Crippen LogP contribution in [0, 0.1) is 5.41 Å². The smallest absolute Gasteiger partial charge is 0.0593 e. The third kappa shape index (κ3) is 3.96. The molecule has 13 heavy (non-hydrogen) atoms. The first-order valence-electron chi connectivity index (χ1n) is 5.05. The molecule has 1 rings (SSSR count). The molecule has 0 aliphatic heterocycles. The van der Waals surface area contributed by atoms with Crippen molar-refractivity contribution < 1.29 is 4.74 Å². The van der Waals surface area contributed by atoms with Gasteiger partial charge in [0.1, 0.15) is 0 Å². The molecule has 0 atom stereocenters. The summed E-state index contributed by atoms with van der Waals surface area (Å²) >= 11 is 3.59. The Morgan fingerprint density at radius 1 is 1.46 bits per heavy atom. The molecule has 1 aliphatic carbocycles. The van der Waals surface area contributed by atoms with E-state index in [-0.39, 0.29) is 0 Å². The highest BCUT2D eigenvalue weighted by atomic mass is 79.9. The number of likely N-dealkylation sites (N-methyl/N-ethyl adjacent to an activating group) is 1. The lowest BCUT2D eigenvalue weighted by Crippen LogP contribution is -2.30. The molecule has 1 fully saturated rings. The van der Waals surface area contributed by atoms with Crippen LogP contribution in [0.25, 0.3) is 0 Å². The van der Waals surface area contributed by atoms with Gasteiger partial charge in [-0.05, 0) is 32.2 Å². The maximum absolute atomic E-state index is 5.32. The van der Waals surface area contributed by atoms with Crippen molar-refractivity contribution >= 4 is 15.9 Å². The van der Waals surface area contributed by atoms with Crippen LogP contribution in [0.4, 0.5) is 0 Å². The second kappa shape index (κ2) is 5.32. The number of nitrogens with zero attached hydrogens (tertiary/aromatic N) is 1. The monoisotopic (exact) mass is 249 g/mol. The summed E-state index contributed by atoms with van der Waals surface area (Å²) in [6.45, 7) is 6.01. The van der Waals surface area contributed by atoms with E-state index in [2.05, 4.69) is 27.9 Å². The van der Waals surface area contributed by atoms with E-state index in [1.807, 2.05) is 6.92 Å². The molecule has 0 aromatic carbocycles. The van der Waals surface area contributed by atoms with Crippen LogP contribution in [0.3, 0.4) is 0 Å². The third-order valence-electron chi connectivity index (χ3n) is 2.67. The van der Waals surface area contributed by atoms with Gasteiger partial charge in [0.15, 0.2) is 0 Å². The number of hydrogen-bond acceptors (Lipinski definition) is 2. The molecule has 0 radical (unpaired) electrons. The summed E-state index contributed by atoms with van der Waals surface area (Å²) in [5.41, 5.74) is 0.598. The standard InChI is InChI=1S/C10H20BrNO/c1-3-13-7-6-12(2)9-10(8-11)4-5-10/h3-9H2,1-2H3. The molecule has 0 heterocycles. The number of alkyl halides is 1. The van der Waals surface area contributed by atoms with E-state index < -0.39 is 0 Å². The topological polar surface area (TPSA) is 12.5 Å². The van der Waals surface area contributed by atoms with E-state index in [1.165, 1.54) is 19.4 Å². The highest BCUT2D eigenvalue weighted by Gasteiger charge is 2.41. The van der Waals surface area contributed by atoms with Gasteiger partial charge in [-0.2, -0.15) is 0 Å². The van der Waals surface area contributed by atoms with Crippen molar-refractivity contribution in [2.75, 3.05) is 38.7 Å². The van der Waals surface area contributed by atoms with Gasteiger partial charge in [0.05, 0.1) is 6.61 Å². The van der Waals surface area contributed by atoms with Crippen molar-refractivity contribution in [3.63, 3.8) is 0 Å². The van der Waals surface area contributed by atoms with Gasteiger partial charge in [0.25, 0.3) is 0 Å². The second-order valence-corrected chi connectivity index (χ2v) is 4.63. The molecular formula is C10H20BrNO. The van der Waals surface area contributed by atoms with Crippen molar-refractivity contribution in [1.82, 2.24) is 4.90 Å². The molecule has 3 heteroatoms. The fourth-order valence-corrected chi connectivity index (χ4v) is 2.27. The van der Waals surface area contributed by atoms with Gasteiger partial charge in [-0.15, -0.1) is 0 Å². The molecule has 0 bridgehead atoms. The Kier molecular flexibility index (Phi) is 4.70. The summed E-state index contributed by atoms with van der Waals surface area (Å²) in [5, 5.41) is 1.15. The van der Waals surface area contributed by atoms with Gasteiger partial charge < -0.3 is 9.64 Å². The molecule has 0 aromatic rings. The van der Waals surface area contributed by atoms with Gasteiger partial charge >= 0.3 is 0 Å². The van der Waals surface area contributed by atoms with Crippen molar-refractivity contribution in [2.45, 2.75) is 19.8 Å². The quantitative estimate of drug-likeness (QED) is 0.507. The Morgan fingerprint density at radius 3 is 2.62 bits per heavy atom. The number of rotatable bonds is 7. The lowest BCUT2D eigenvalue weighted by atomic mass is 10.1. The Bertz CT molecular complexity index is 148. The largest absolute Gasteiger partial charge is 0.380 e. The highest BCUT2D eigenvalue weighted by molar-refractivity contribution is 9.09. The van der Waals surface area contributed by atoms with Gasteiger partial charge in [0, 0.05) is 25.0 Å². The summed E-state index contributed by atoms with van der Waals surface area (Å²) in [4.78, 5) is 2.38. The lowest BCUT2D eigenvalue weighted by Gasteiger charge is -2.21. The molecule has 0 aromatic heterocycles. The fourth-order valence-electron chi connectivity index (χ4n) is 1.53. The normalized spacial score (nSPS) is 19.4. The van der Waals surface area contributed by atoms with Crippen molar-refractivity contribution in [3.8, 4) is 0 Å². The van der Waals surface area contributed by atoms with Crippen molar-refractivity contribution in [2.24, 2.45) is 5.41 Å². The summed E-state index contributed by atoms with van der Waals surface area (Å²) in [7, 11) is 2.18. The first-order valence-corrected chi connectivity index (χ1v) is 6.17. The minimum absolute atomic E-state index is 0.598. The van der Waals surface area contributed by atoms with Gasteiger partial charge in [0.2, 0.25) is 0 Å². The van der Waals surface area contributed by atoms with Crippen molar-refractivity contribution in [3.05, 3.63) is 0 Å². The maximum Gasteiger partial charge on any atom is 0.0593 e. The van der Waals surface area contributed by atoms with Crippen LogP contribution in [0.2, 0.25) is 0 Å². The SMILES string of the molecule is CCOCCN(C)CC1(CBr)CC1. The summed E-state index contributed by atoms with van der Waals surface area (Å²) in [5.74, 6) is 0. The fraction of sp³-hybridized carbons (Fsp3) is 1.00. The molecule has 0 amide bonds. The molecule has 1 aliphatic rings. The summed E-state index contributed by atoms with van der Waals surface area (Å²) in [6, 6.07) is 0. The van der Waals surface area contributed by atoms with Crippen molar-refractivity contribution in [1.29, 1.82) is 0 Å². The van der Waals surface area contributed by atoms with Gasteiger partial charge in [-0.1, -0.05) is 15.9 Å². The second-order valence-electron chi connectivity index (χ2n) is 4.07. The molecule has 0 N–H and O–H groups in total. The predicted molar refractivity (Wildman–Crippen MR) is 59.5 cm³/mol. The molecular weight excluding hydrogens is 230 g/mol. The Balaban J connectivity index is 2.07. The minimum atomic E-state index is 0.598. The summed E-state index contributed by atoms with van der Waals surface area (Å²) in [6.07, 6.45) is 2.77. The van der Waals surface area contributed by atoms with Crippen LogP contribution in [0.1, 0.15) is 19.8 Å². The predicted octanol–water partition coefficient (Wildman–Crippen LogP) is 2.13. The first kappa shape index (κ1) is 11.5. The third-order valence-corrected chi connectivity index (χ3v) is 3.86. The zero-order valence-electron chi connectivity index (χ0n) is 8.68.